The minimum atomic E-state index is -1.13. The van der Waals surface area contributed by atoms with E-state index in [2.05, 4.69) is 5.32 Å². The number of nitro groups is 1. The molecule has 0 spiro atoms. The molecule has 0 radical (unpaired) electrons. The summed E-state index contributed by atoms with van der Waals surface area (Å²) in [5.41, 5.74) is -0.541. The van der Waals surface area contributed by atoms with Crippen LogP contribution in [-0.4, -0.2) is 17.5 Å². The van der Waals surface area contributed by atoms with Gasteiger partial charge in [-0.05, 0) is 19.0 Å². The summed E-state index contributed by atoms with van der Waals surface area (Å²) in [4.78, 5) is 10.2. The van der Waals surface area contributed by atoms with E-state index in [4.69, 9.17) is 0 Å². The minimum Gasteiger partial charge on any atom is -0.314 e. The average Bonchev–Trinajstić information content (AvgIpc) is 2.33. The van der Waals surface area contributed by atoms with Crippen molar-refractivity contribution in [3.63, 3.8) is 0 Å². The van der Waals surface area contributed by atoms with E-state index < -0.39 is 22.2 Å². The highest BCUT2D eigenvalue weighted by molar-refractivity contribution is 5.44. The molecule has 0 aliphatic heterocycles. The summed E-state index contributed by atoms with van der Waals surface area (Å²) in [7, 11) is 0. The SMILES string of the molecule is CCNC(CC)C(C)c1cc(F)cc(F)c1[N+](=O)[O-]. The van der Waals surface area contributed by atoms with Crippen LogP contribution in [-0.2, 0) is 0 Å². The maximum atomic E-state index is 13.6. The van der Waals surface area contributed by atoms with Crippen molar-refractivity contribution in [2.75, 3.05) is 6.54 Å². The summed E-state index contributed by atoms with van der Waals surface area (Å²) >= 11 is 0. The van der Waals surface area contributed by atoms with Gasteiger partial charge in [-0.3, -0.25) is 10.1 Å². The summed E-state index contributed by atoms with van der Waals surface area (Å²) in [6, 6.07) is 1.53. The molecule has 19 heavy (non-hydrogen) atoms. The first-order valence-corrected chi connectivity index (χ1v) is 6.29. The van der Waals surface area contributed by atoms with Crippen molar-refractivity contribution < 1.29 is 13.7 Å². The first kappa shape index (κ1) is 15.5. The van der Waals surface area contributed by atoms with Gasteiger partial charge in [0.25, 0.3) is 0 Å². The fraction of sp³-hybridized carbons (Fsp3) is 0.538. The molecule has 0 saturated carbocycles. The van der Waals surface area contributed by atoms with Crippen LogP contribution in [0.15, 0.2) is 12.1 Å². The summed E-state index contributed by atoms with van der Waals surface area (Å²) < 4.78 is 26.9. The molecule has 106 valence electrons. The van der Waals surface area contributed by atoms with Gasteiger partial charge in [0.15, 0.2) is 0 Å². The molecule has 1 aromatic rings. The second-order valence-electron chi connectivity index (χ2n) is 4.44. The van der Waals surface area contributed by atoms with Crippen molar-refractivity contribution in [3.8, 4) is 0 Å². The molecule has 0 saturated heterocycles. The number of hydrogen-bond acceptors (Lipinski definition) is 3. The lowest BCUT2D eigenvalue weighted by Gasteiger charge is -2.23. The van der Waals surface area contributed by atoms with Crippen LogP contribution >= 0.6 is 0 Å². The van der Waals surface area contributed by atoms with Gasteiger partial charge in [-0.1, -0.05) is 20.8 Å². The van der Waals surface area contributed by atoms with Gasteiger partial charge in [0, 0.05) is 23.6 Å². The summed E-state index contributed by atoms with van der Waals surface area (Å²) in [5.74, 6) is -2.27. The van der Waals surface area contributed by atoms with E-state index in [0.29, 0.717) is 19.0 Å². The minimum absolute atomic E-state index is 0.0649. The number of likely N-dealkylation sites (N-methyl/N-ethyl adjacent to an activating group) is 1. The van der Waals surface area contributed by atoms with E-state index >= 15 is 0 Å². The number of benzene rings is 1. The van der Waals surface area contributed by atoms with Gasteiger partial charge in [-0.15, -0.1) is 0 Å². The lowest BCUT2D eigenvalue weighted by atomic mass is 9.90. The van der Waals surface area contributed by atoms with Crippen LogP contribution in [0, 0.1) is 21.7 Å². The molecule has 2 unspecified atom stereocenters. The van der Waals surface area contributed by atoms with Crippen LogP contribution in [0.5, 0.6) is 0 Å². The Hall–Kier alpha value is -1.56. The third-order valence-electron chi connectivity index (χ3n) is 3.24. The predicted octanol–water partition coefficient (Wildman–Crippen LogP) is 3.36. The fourth-order valence-corrected chi connectivity index (χ4v) is 2.28. The van der Waals surface area contributed by atoms with Crippen molar-refractivity contribution in [3.05, 3.63) is 39.4 Å². The predicted molar refractivity (Wildman–Crippen MR) is 69.2 cm³/mol. The Morgan fingerprint density at radius 1 is 1.37 bits per heavy atom. The third kappa shape index (κ3) is 3.47. The maximum absolute atomic E-state index is 13.6. The zero-order chi connectivity index (χ0) is 14.6. The van der Waals surface area contributed by atoms with Gasteiger partial charge in [-0.2, -0.15) is 4.39 Å². The molecule has 1 N–H and O–H groups in total. The van der Waals surface area contributed by atoms with Crippen molar-refractivity contribution in [1.29, 1.82) is 0 Å². The number of hydrogen-bond donors (Lipinski definition) is 1. The Balaban J connectivity index is 3.27. The smallest absolute Gasteiger partial charge is 0.308 e. The van der Waals surface area contributed by atoms with Crippen LogP contribution in [0.4, 0.5) is 14.5 Å². The van der Waals surface area contributed by atoms with Gasteiger partial charge in [0.05, 0.1) is 4.92 Å². The van der Waals surface area contributed by atoms with Gasteiger partial charge in [0.2, 0.25) is 5.82 Å². The van der Waals surface area contributed by atoms with E-state index in [1.54, 1.807) is 6.92 Å². The molecule has 1 rings (SSSR count). The topological polar surface area (TPSA) is 55.2 Å². The Kier molecular flexibility index (Phi) is 5.35. The van der Waals surface area contributed by atoms with Crippen molar-refractivity contribution in [2.24, 2.45) is 0 Å². The summed E-state index contributed by atoms with van der Waals surface area (Å²) in [6.07, 6.45) is 0.713. The van der Waals surface area contributed by atoms with E-state index in [1.165, 1.54) is 0 Å². The van der Waals surface area contributed by atoms with Gasteiger partial charge < -0.3 is 5.32 Å². The summed E-state index contributed by atoms with van der Waals surface area (Å²) in [5, 5.41) is 14.1. The third-order valence-corrected chi connectivity index (χ3v) is 3.24. The van der Waals surface area contributed by atoms with Crippen LogP contribution in [0.25, 0.3) is 0 Å². The van der Waals surface area contributed by atoms with Crippen molar-refractivity contribution in [1.82, 2.24) is 5.32 Å². The molecule has 1 aromatic carbocycles. The lowest BCUT2D eigenvalue weighted by Crippen LogP contribution is -2.33. The molecule has 0 aliphatic carbocycles. The highest BCUT2D eigenvalue weighted by Crippen LogP contribution is 2.32. The van der Waals surface area contributed by atoms with Gasteiger partial charge in [-0.25, -0.2) is 4.39 Å². The van der Waals surface area contributed by atoms with E-state index in [0.717, 1.165) is 6.07 Å². The second kappa shape index (κ2) is 6.56. The highest BCUT2D eigenvalue weighted by atomic mass is 19.1. The Morgan fingerprint density at radius 3 is 2.47 bits per heavy atom. The fourth-order valence-electron chi connectivity index (χ4n) is 2.28. The van der Waals surface area contributed by atoms with Crippen LogP contribution in [0.1, 0.15) is 38.7 Å². The summed E-state index contributed by atoms with van der Waals surface area (Å²) in [6.45, 7) is 6.26. The monoisotopic (exact) mass is 272 g/mol. The zero-order valence-electron chi connectivity index (χ0n) is 11.2. The molecule has 0 amide bonds. The molecule has 0 aliphatic rings. The Labute approximate surface area is 111 Å². The molecular weight excluding hydrogens is 254 g/mol. The quantitative estimate of drug-likeness (QED) is 0.638. The van der Waals surface area contributed by atoms with Gasteiger partial charge in [0.1, 0.15) is 5.82 Å². The molecule has 0 bridgehead atoms. The molecule has 2 atom stereocenters. The van der Waals surface area contributed by atoms with E-state index in [-0.39, 0.29) is 17.5 Å². The lowest BCUT2D eigenvalue weighted by molar-refractivity contribution is -0.388. The largest absolute Gasteiger partial charge is 0.314 e. The van der Waals surface area contributed by atoms with Gasteiger partial charge >= 0.3 is 5.69 Å². The molecule has 0 aromatic heterocycles. The number of halogens is 2. The Morgan fingerprint density at radius 2 is 2.00 bits per heavy atom. The van der Waals surface area contributed by atoms with Crippen LogP contribution in [0.3, 0.4) is 0 Å². The molecule has 0 fully saturated rings. The van der Waals surface area contributed by atoms with Crippen LogP contribution < -0.4 is 5.32 Å². The number of nitrogens with one attached hydrogen (secondary N) is 1. The zero-order valence-corrected chi connectivity index (χ0v) is 11.2. The average molecular weight is 272 g/mol. The van der Waals surface area contributed by atoms with E-state index in [1.807, 2.05) is 13.8 Å². The first-order chi connectivity index (χ1) is 8.92. The normalized spacial score (nSPS) is 14.2. The molecule has 4 nitrogen and oxygen atoms in total. The van der Waals surface area contributed by atoms with Crippen LogP contribution in [0.2, 0.25) is 0 Å². The maximum Gasteiger partial charge on any atom is 0.308 e. The number of rotatable bonds is 6. The molecular formula is C13H18F2N2O2. The number of nitro benzene ring substituents is 1. The molecule has 6 heteroatoms. The Bertz CT molecular complexity index is 466. The molecule has 0 heterocycles. The van der Waals surface area contributed by atoms with E-state index in [9.17, 15) is 18.9 Å². The van der Waals surface area contributed by atoms with Crippen molar-refractivity contribution >= 4 is 5.69 Å². The standard InChI is InChI=1S/C13H18F2N2O2/c1-4-12(16-5-2)8(3)10-6-9(14)7-11(15)13(10)17(18)19/h6-8,12,16H,4-5H2,1-3H3. The number of nitrogens with zero attached hydrogens (tertiary/aromatic N) is 1. The first-order valence-electron chi connectivity index (χ1n) is 6.29. The highest BCUT2D eigenvalue weighted by Gasteiger charge is 2.28. The second-order valence-corrected chi connectivity index (χ2v) is 4.44. The van der Waals surface area contributed by atoms with Crippen molar-refractivity contribution in [2.45, 2.75) is 39.2 Å².